The summed E-state index contributed by atoms with van der Waals surface area (Å²) in [5, 5.41) is 19.2. The molecular formula is C34H40N8O5. The summed E-state index contributed by atoms with van der Waals surface area (Å²) in [6.45, 7) is 6.11. The maximum Gasteiger partial charge on any atom is 0.418 e. The van der Waals surface area contributed by atoms with Crippen molar-refractivity contribution in [3.63, 3.8) is 0 Å². The summed E-state index contributed by atoms with van der Waals surface area (Å²) < 4.78 is 6.40. The van der Waals surface area contributed by atoms with E-state index in [2.05, 4.69) is 25.9 Å². The van der Waals surface area contributed by atoms with Gasteiger partial charge < -0.3 is 30.7 Å². The summed E-state index contributed by atoms with van der Waals surface area (Å²) in [7, 11) is 0. The van der Waals surface area contributed by atoms with Gasteiger partial charge in [-0.15, -0.1) is 0 Å². The Morgan fingerprint density at radius 1 is 1.00 bits per heavy atom. The van der Waals surface area contributed by atoms with E-state index < -0.39 is 17.8 Å². The highest BCUT2D eigenvalue weighted by atomic mass is 16.6. The molecule has 4 N–H and O–H groups in total. The van der Waals surface area contributed by atoms with Crippen LogP contribution in [0.5, 0.6) is 0 Å². The Morgan fingerprint density at radius 3 is 2.47 bits per heavy atom. The standard InChI is InChI=1S/C34H40N8O5/c1-34(2,3)47-32(44)38-24-12-10-23(11-13-24)37-31-39-29(28-30(40-31)42(20-35-28)33(45)46)41-18-17-22-19-25(14-15-26(22)41)36-27(43)16-9-21-7-5-4-6-8-21/h4-8,14-15,19-20,23-24H,9-13,16-18H2,1-3H3,(H,36,43)(H,38,44)(H,45,46)(H,37,39,40). The molecule has 47 heavy (non-hydrogen) atoms. The van der Waals surface area contributed by atoms with E-state index in [1.807, 2.05) is 74.2 Å². The van der Waals surface area contributed by atoms with Crippen molar-refractivity contribution in [1.82, 2.24) is 24.8 Å². The molecule has 3 heterocycles. The van der Waals surface area contributed by atoms with Gasteiger partial charge in [0.05, 0.1) is 0 Å². The molecule has 1 aliphatic carbocycles. The van der Waals surface area contributed by atoms with Crippen LogP contribution < -0.4 is 20.9 Å². The van der Waals surface area contributed by atoms with Crippen molar-refractivity contribution in [3.05, 3.63) is 66.0 Å². The van der Waals surface area contributed by atoms with E-state index in [-0.39, 0.29) is 23.6 Å². The lowest BCUT2D eigenvalue weighted by atomic mass is 9.91. The van der Waals surface area contributed by atoms with E-state index in [9.17, 15) is 19.5 Å². The number of carbonyl (C=O) groups is 3. The van der Waals surface area contributed by atoms with Crippen molar-refractivity contribution in [2.45, 2.75) is 83.4 Å². The van der Waals surface area contributed by atoms with Crippen LogP contribution in [-0.2, 0) is 22.4 Å². The van der Waals surface area contributed by atoms with Gasteiger partial charge in [-0.25, -0.2) is 19.1 Å². The van der Waals surface area contributed by atoms with Crippen molar-refractivity contribution in [1.29, 1.82) is 0 Å². The van der Waals surface area contributed by atoms with Crippen LogP contribution in [0.25, 0.3) is 11.2 Å². The molecule has 1 fully saturated rings. The Labute approximate surface area is 272 Å². The Kier molecular flexibility index (Phi) is 8.97. The number of anilines is 4. The second-order valence-electron chi connectivity index (χ2n) is 13.1. The Balaban J connectivity index is 1.16. The van der Waals surface area contributed by atoms with Gasteiger partial charge in [0.1, 0.15) is 11.9 Å². The number of rotatable bonds is 8. The maximum absolute atomic E-state index is 12.7. The van der Waals surface area contributed by atoms with Crippen LogP contribution in [0.3, 0.4) is 0 Å². The third kappa shape index (κ3) is 7.62. The lowest BCUT2D eigenvalue weighted by molar-refractivity contribution is -0.116. The van der Waals surface area contributed by atoms with E-state index in [1.165, 1.54) is 6.33 Å². The summed E-state index contributed by atoms with van der Waals surface area (Å²) in [5.74, 6) is 0.775. The highest BCUT2D eigenvalue weighted by Crippen LogP contribution is 2.38. The van der Waals surface area contributed by atoms with Gasteiger partial charge in [0, 0.05) is 36.4 Å². The third-order valence-corrected chi connectivity index (χ3v) is 8.36. The molecule has 246 valence electrons. The van der Waals surface area contributed by atoms with Gasteiger partial charge in [-0.05, 0) is 88.6 Å². The van der Waals surface area contributed by atoms with Crippen LogP contribution in [-0.4, -0.2) is 66.9 Å². The normalized spacial score (nSPS) is 17.6. The average Bonchev–Trinajstić information content (AvgIpc) is 3.65. The lowest BCUT2D eigenvalue weighted by Gasteiger charge is -2.30. The fraction of sp³-hybridized carbons (Fsp3) is 0.412. The molecule has 1 aliphatic heterocycles. The fourth-order valence-corrected chi connectivity index (χ4v) is 6.14. The Bertz CT molecular complexity index is 1780. The number of nitrogens with one attached hydrogen (secondary N) is 3. The number of benzene rings is 2. The number of alkyl carbamates (subject to hydrolysis) is 1. The number of nitrogens with zero attached hydrogens (tertiary/aromatic N) is 5. The fourth-order valence-electron chi connectivity index (χ4n) is 6.14. The average molecular weight is 641 g/mol. The SMILES string of the molecule is CC(C)(C)OC(=O)NC1CCC(Nc2nc(N3CCc4cc(NC(=O)CCc5ccccc5)ccc43)c3ncn(C(=O)O)c3n2)CC1. The first kappa shape index (κ1) is 31.8. The Hall–Kier alpha value is -5.20. The number of imidazole rings is 1. The number of carbonyl (C=O) groups excluding carboxylic acids is 2. The largest absolute Gasteiger partial charge is 0.464 e. The van der Waals surface area contributed by atoms with E-state index in [1.54, 1.807) is 0 Å². The molecular weight excluding hydrogens is 600 g/mol. The van der Waals surface area contributed by atoms with Crippen molar-refractivity contribution in [2.24, 2.45) is 0 Å². The number of aryl methyl sites for hydroxylation is 1. The van der Waals surface area contributed by atoms with Crippen LogP contribution in [0.4, 0.5) is 32.7 Å². The molecule has 1 saturated carbocycles. The van der Waals surface area contributed by atoms with Crippen LogP contribution in [0, 0.1) is 0 Å². The molecule has 0 atom stereocenters. The molecule has 0 saturated heterocycles. The number of aromatic nitrogens is 4. The summed E-state index contributed by atoms with van der Waals surface area (Å²) in [4.78, 5) is 52.7. The molecule has 13 heteroatoms. The summed E-state index contributed by atoms with van der Waals surface area (Å²) in [6.07, 6.45) is 4.44. The number of ether oxygens (including phenoxy) is 1. The minimum absolute atomic E-state index is 0.00920. The smallest absolute Gasteiger partial charge is 0.418 e. The summed E-state index contributed by atoms with van der Waals surface area (Å²) in [5.41, 5.74) is 3.82. The Morgan fingerprint density at radius 2 is 1.74 bits per heavy atom. The molecule has 0 spiro atoms. The first-order valence-corrected chi connectivity index (χ1v) is 16.0. The maximum atomic E-state index is 12.7. The predicted octanol–water partition coefficient (Wildman–Crippen LogP) is 5.87. The topological polar surface area (TPSA) is 164 Å². The monoisotopic (exact) mass is 640 g/mol. The quantitative estimate of drug-likeness (QED) is 0.183. The van der Waals surface area contributed by atoms with Gasteiger partial charge in [-0.2, -0.15) is 9.97 Å². The number of fused-ring (bicyclic) bond motifs is 2. The number of hydrogen-bond acceptors (Lipinski definition) is 9. The van der Waals surface area contributed by atoms with E-state index in [0.717, 1.165) is 52.8 Å². The van der Waals surface area contributed by atoms with Gasteiger partial charge in [-0.1, -0.05) is 30.3 Å². The molecule has 2 aromatic carbocycles. The van der Waals surface area contributed by atoms with Crippen LogP contribution >= 0.6 is 0 Å². The van der Waals surface area contributed by atoms with Crippen molar-refractivity contribution < 1.29 is 24.2 Å². The summed E-state index contributed by atoms with van der Waals surface area (Å²) in [6, 6.07) is 15.8. The number of carboxylic acid groups (broad SMARTS) is 1. The minimum atomic E-state index is -1.19. The van der Waals surface area contributed by atoms with Crippen LogP contribution in [0.15, 0.2) is 54.9 Å². The van der Waals surface area contributed by atoms with Crippen molar-refractivity contribution >= 4 is 52.4 Å². The highest BCUT2D eigenvalue weighted by molar-refractivity contribution is 5.94. The van der Waals surface area contributed by atoms with E-state index >= 15 is 0 Å². The first-order valence-electron chi connectivity index (χ1n) is 16.0. The number of hydrogen-bond donors (Lipinski definition) is 4. The van der Waals surface area contributed by atoms with Gasteiger partial charge >= 0.3 is 12.2 Å². The minimum Gasteiger partial charge on any atom is -0.464 e. The second-order valence-corrected chi connectivity index (χ2v) is 13.1. The second kappa shape index (κ2) is 13.3. The zero-order chi connectivity index (χ0) is 33.1. The zero-order valence-electron chi connectivity index (χ0n) is 26.8. The lowest BCUT2D eigenvalue weighted by Crippen LogP contribution is -2.42. The molecule has 0 unspecified atom stereocenters. The third-order valence-electron chi connectivity index (χ3n) is 8.36. The predicted molar refractivity (Wildman–Crippen MR) is 178 cm³/mol. The van der Waals surface area contributed by atoms with Crippen molar-refractivity contribution in [2.75, 3.05) is 22.1 Å². The molecule has 6 rings (SSSR count). The van der Waals surface area contributed by atoms with E-state index in [4.69, 9.17) is 9.72 Å². The van der Waals surface area contributed by atoms with Gasteiger partial charge in [0.25, 0.3) is 0 Å². The van der Waals surface area contributed by atoms with Crippen LogP contribution in [0.1, 0.15) is 64.0 Å². The molecule has 4 aromatic rings. The highest BCUT2D eigenvalue weighted by Gasteiger charge is 2.29. The molecule has 0 radical (unpaired) electrons. The van der Waals surface area contributed by atoms with Gasteiger partial charge in [0.2, 0.25) is 11.9 Å². The summed E-state index contributed by atoms with van der Waals surface area (Å²) >= 11 is 0. The molecule has 2 aromatic heterocycles. The van der Waals surface area contributed by atoms with E-state index in [0.29, 0.717) is 43.1 Å². The molecule has 2 aliphatic rings. The molecule has 2 amide bonds. The van der Waals surface area contributed by atoms with Gasteiger partial charge in [0.15, 0.2) is 17.0 Å². The van der Waals surface area contributed by atoms with Gasteiger partial charge in [-0.3, -0.25) is 4.79 Å². The molecule has 0 bridgehead atoms. The first-order chi connectivity index (χ1) is 22.5. The zero-order valence-corrected chi connectivity index (χ0v) is 26.8. The molecule has 13 nitrogen and oxygen atoms in total. The van der Waals surface area contributed by atoms with Crippen LogP contribution in [0.2, 0.25) is 0 Å². The number of amides is 2. The van der Waals surface area contributed by atoms with Crippen molar-refractivity contribution in [3.8, 4) is 0 Å².